The molecule has 0 radical (unpaired) electrons. The average Bonchev–Trinajstić information content (AvgIpc) is 3.30. The second kappa shape index (κ2) is 9.76. The summed E-state index contributed by atoms with van der Waals surface area (Å²) in [5, 5.41) is 17.4. The number of aromatic nitrogens is 4. The van der Waals surface area contributed by atoms with Crippen LogP contribution in [0.2, 0.25) is 5.02 Å². The molecule has 1 fully saturated rings. The van der Waals surface area contributed by atoms with E-state index in [-0.39, 0.29) is 0 Å². The summed E-state index contributed by atoms with van der Waals surface area (Å²) in [4.78, 5) is 0. The Bertz CT molecular complexity index is 1050. The predicted octanol–water partition coefficient (Wildman–Crippen LogP) is 5.34. The third-order valence-electron chi connectivity index (χ3n) is 5.80. The van der Waals surface area contributed by atoms with Gasteiger partial charge in [0.15, 0.2) is 5.82 Å². The van der Waals surface area contributed by atoms with E-state index in [0.29, 0.717) is 6.04 Å². The molecule has 0 saturated carbocycles. The van der Waals surface area contributed by atoms with Gasteiger partial charge in [-0.25, -0.2) is 4.68 Å². The van der Waals surface area contributed by atoms with E-state index in [4.69, 9.17) is 18.0 Å². The van der Waals surface area contributed by atoms with Gasteiger partial charge in [0.1, 0.15) is 0 Å². The van der Waals surface area contributed by atoms with Gasteiger partial charge in [0.2, 0.25) is 0 Å². The Morgan fingerprint density at radius 3 is 2.74 bits per heavy atom. The van der Waals surface area contributed by atoms with Crippen LogP contribution in [0.3, 0.4) is 0 Å². The molecule has 0 amide bonds. The Morgan fingerprint density at radius 1 is 1.23 bits per heavy atom. The fraction of sp³-hybridized carbons (Fsp3) is 0.375. The highest BCUT2D eigenvalue weighted by atomic mass is 35.5. The molecule has 1 aliphatic heterocycles. The molecule has 1 aliphatic rings. The average molecular weight is 452 g/mol. The zero-order valence-corrected chi connectivity index (χ0v) is 19.2. The molecule has 5 nitrogen and oxygen atoms in total. The van der Waals surface area contributed by atoms with Crippen LogP contribution in [0.15, 0.2) is 48.5 Å². The first-order valence-electron chi connectivity index (χ1n) is 10.5. The van der Waals surface area contributed by atoms with Gasteiger partial charge in [0, 0.05) is 16.3 Å². The normalized spacial score (nSPS) is 16.4. The highest BCUT2D eigenvalue weighted by molar-refractivity contribution is 7.99. The lowest BCUT2D eigenvalue weighted by Gasteiger charge is -2.33. The predicted molar refractivity (Wildman–Crippen MR) is 129 cm³/mol. The summed E-state index contributed by atoms with van der Waals surface area (Å²) in [6.07, 6.45) is 9.47. The van der Waals surface area contributed by atoms with Crippen LogP contribution in [0.4, 0.5) is 5.69 Å². The summed E-state index contributed by atoms with van der Waals surface area (Å²) in [5.74, 6) is 5.86. The largest absolute Gasteiger partial charge is 0.373 e. The lowest BCUT2D eigenvalue weighted by Crippen LogP contribution is -2.37. The molecular weight excluding hydrogens is 426 g/mol. The third kappa shape index (κ3) is 5.23. The first kappa shape index (κ1) is 21.7. The molecule has 1 atom stereocenters. The van der Waals surface area contributed by atoms with Crippen molar-refractivity contribution in [3.8, 4) is 12.3 Å². The van der Waals surface area contributed by atoms with Gasteiger partial charge in [0.25, 0.3) is 0 Å². The number of terminal acetylenes is 1. The maximum Gasteiger partial charge on any atom is 0.176 e. The number of nitrogens with zero attached hydrogens (tertiary/aromatic N) is 4. The second-order valence-electron chi connectivity index (χ2n) is 8.10. The number of thioether (sulfide) groups is 1. The molecule has 160 valence electrons. The van der Waals surface area contributed by atoms with Crippen molar-refractivity contribution in [1.82, 2.24) is 20.2 Å². The van der Waals surface area contributed by atoms with Crippen molar-refractivity contribution in [1.29, 1.82) is 0 Å². The van der Waals surface area contributed by atoms with E-state index in [1.165, 1.54) is 5.56 Å². The zero-order valence-electron chi connectivity index (χ0n) is 17.6. The number of aryl methyl sites for hydroxylation is 1. The van der Waals surface area contributed by atoms with Crippen LogP contribution < -0.4 is 5.32 Å². The van der Waals surface area contributed by atoms with Crippen molar-refractivity contribution >= 4 is 29.1 Å². The molecule has 3 aromatic rings. The van der Waals surface area contributed by atoms with Crippen molar-refractivity contribution in [2.45, 2.75) is 44.2 Å². The quantitative estimate of drug-likeness (QED) is 0.491. The molecule has 1 aromatic heterocycles. The van der Waals surface area contributed by atoms with E-state index < -0.39 is 5.54 Å². The van der Waals surface area contributed by atoms with Gasteiger partial charge in [-0.3, -0.25) is 0 Å². The van der Waals surface area contributed by atoms with E-state index >= 15 is 0 Å². The molecule has 2 aromatic carbocycles. The topological polar surface area (TPSA) is 55.6 Å². The van der Waals surface area contributed by atoms with Crippen molar-refractivity contribution in [3.63, 3.8) is 0 Å². The Labute approximate surface area is 193 Å². The fourth-order valence-corrected chi connectivity index (χ4v) is 5.22. The first-order chi connectivity index (χ1) is 15.1. The molecule has 7 heteroatoms. The fourth-order valence-electron chi connectivity index (χ4n) is 4.01. The number of benzene rings is 2. The molecule has 2 heterocycles. The Hall–Kier alpha value is -2.49. The van der Waals surface area contributed by atoms with Gasteiger partial charge in [-0.2, -0.15) is 11.8 Å². The maximum absolute atomic E-state index is 6.07. The van der Waals surface area contributed by atoms with Crippen LogP contribution in [-0.4, -0.2) is 31.7 Å². The van der Waals surface area contributed by atoms with E-state index in [1.54, 1.807) is 0 Å². The van der Waals surface area contributed by atoms with E-state index in [2.05, 4.69) is 45.8 Å². The summed E-state index contributed by atoms with van der Waals surface area (Å²) >= 11 is 8.06. The van der Waals surface area contributed by atoms with Gasteiger partial charge in [-0.15, -0.1) is 11.5 Å². The minimum atomic E-state index is -0.471. The Morgan fingerprint density at radius 2 is 2.00 bits per heavy atom. The Kier molecular flexibility index (Phi) is 6.84. The number of nitrogens with one attached hydrogen (secondary N) is 1. The standard InChI is InChI=1S/C24H26ClN5S/c1-3-18-5-4-6-21(17-18)26-24(2,14-11-19-7-9-20(25)10-8-19)23-27-28-29-30(23)22-12-15-31-16-13-22/h1,4-10,17,22,26H,11-16H2,2H3. The van der Waals surface area contributed by atoms with Crippen molar-refractivity contribution in [2.75, 3.05) is 16.8 Å². The number of hydrogen-bond acceptors (Lipinski definition) is 5. The molecule has 1 unspecified atom stereocenters. The van der Waals surface area contributed by atoms with Gasteiger partial charge in [-0.1, -0.05) is 35.7 Å². The van der Waals surface area contributed by atoms with Gasteiger partial charge >= 0.3 is 0 Å². The SMILES string of the molecule is C#Cc1cccc(NC(C)(CCc2ccc(Cl)cc2)c2nnnn2C2CCSCC2)c1. The third-order valence-corrected chi connectivity index (χ3v) is 7.10. The molecule has 31 heavy (non-hydrogen) atoms. The highest BCUT2D eigenvalue weighted by Crippen LogP contribution is 2.34. The number of rotatable bonds is 7. The van der Waals surface area contributed by atoms with Gasteiger partial charge in [0.05, 0.1) is 11.6 Å². The van der Waals surface area contributed by atoms with E-state index in [0.717, 1.165) is 59.3 Å². The van der Waals surface area contributed by atoms with Crippen molar-refractivity contribution in [3.05, 3.63) is 70.5 Å². The molecule has 0 spiro atoms. The summed E-state index contributed by atoms with van der Waals surface area (Å²) in [6.45, 7) is 2.17. The number of tetrazole rings is 1. The number of halogens is 1. The van der Waals surface area contributed by atoms with Gasteiger partial charge < -0.3 is 5.32 Å². The lowest BCUT2D eigenvalue weighted by molar-refractivity contribution is 0.358. The van der Waals surface area contributed by atoms with E-state index in [9.17, 15) is 0 Å². The Balaban J connectivity index is 1.65. The van der Waals surface area contributed by atoms with E-state index in [1.807, 2.05) is 52.8 Å². The summed E-state index contributed by atoms with van der Waals surface area (Å²) < 4.78 is 2.04. The monoisotopic (exact) mass is 451 g/mol. The van der Waals surface area contributed by atoms with Crippen LogP contribution in [-0.2, 0) is 12.0 Å². The van der Waals surface area contributed by atoms with Crippen LogP contribution in [0, 0.1) is 12.3 Å². The molecule has 4 rings (SSSR count). The molecule has 1 saturated heterocycles. The first-order valence-corrected chi connectivity index (χ1v) is 12.1. The maximum atomic E-state index is 6.07. The molecule has 1 N–H and O–H groups in total. The van der Waals surface area contributed by atoms with Crippen LogP contribution in [0.5, 0.6) is 0 Å². The van der Waals surface area contributed by atoms with Crippen molar-refractivity contribution < 1.29 is 0 Å². The smallest absolute Gasteiger partial charge is 0.176 e. The molecule has 0 aliphatic carbocycles. The summed E-state index contributed by atoms with van der Waals surface area (Å²) in [7, 11) is 0. The summed E-state index contributed by atoms with van der Waals surface area (Å²) in [5.41, 5.74) is 2.56. The van der Waals surface area contributed by atoms with Crippen LogP contribution in [0.25, 0.3) is 0 Å². The lowest BCUT2D eigenvalue weighted by atomic mass is 9.91. The number of hydrogen-bond donors (Lipinski definition) is 1. The van der Waals surface area contributed by atoms with Crippen LogP contribution >= 0.6 is 23.4 Å². The minimum Gasteiger partial charge on any atom is -0.373 e. The highest BCUT2D eigenvalue weighted by Gasteiger charge is 2.35. The van der Waals surface area contributed by atoms with Gasteiger partial charge in [-0.05, 0) is 90.4 Å². The summed E-state index contributed by atoms with van der Waals surface area (Å²) in [6, 6.07) is 16.3. The molecular formula is C24H26ClN5S. The zero-order chi connectivity index (χ0) is 21.7. The van der Waals surface area contributed by atoms with Crippen molar-refractivity contribution in [2.24, 2.45) is 0 Å². The second-order valence-corrected chi connectivity index (χ2v) is 9.76. The van der Waals surface area contributed by atoms with Crippen LogP contribution in [0.1, 0.15) is 49.2 Å². The number of anilines is 1. The molecule has 0 bridgehead atoms. The minimum absolute atomic E-state index is 0.333.